The smallest absolute Gasteiger partial charge is 0.250 e. The van der Waals surface area contributed by atoms with Gasteiger partial charge in [0.25, 0.3) is 0 Å². The van der Waals surface area contributed by atoms with Crippen LogP contribution >= 0.6 is 0 Å². The lowest BCUT2D eigenvalue weighted by molar-refractivity contribution is -0.118. The van der Waals surface area contributed by atoms with Gasteiger partial charge in [-0.2, -0.15) is 0 Å². The molecule has 2 amide bonds. The minimum atomic E-state index is -0.503. The molecule has 0 bridgehead atoms. The highest BCUT2D eigenvalue weighted by atomic mass is 16.1. The van der Waals surface area contributed by atoms with E-state index in [0.29, 0.717) is 24.5 Å². The molecule has 86 valence electrons. The Balaban J connectivity index is 2.38. The van der Waals surface area contributed by atoms with E-state index in [1.54, 1.807) is 12.1 Å². The first-order valence-electron chi connectivity index (χ1n) is 4.84. The molecular formula is C10H14N4O2. The van der Waals surface area contributed by atoms with Crippen molar-refractivity contribution in [1.82, 2.24) is 10.3 Å². The number of rotatable bonds is 5. The fourth-order valence-electron chi connectivity index (χ4n) is 1.07. The normalized spacial score (nSPS) is 9.56. The minimum Gasteiger partial charge on any atom is -0.368 e. The van der Waals surface area contributed by atoms with E-state index < -0.39 is 5.91 Å². The van der Waals surface area contributed by atoms with Gasteiger partial charge in [-0.3, -0.25) is 9.59 Å². The van der Waals surface area contributed by atoms with Crippen molar-refractivity contribution < 1.29 is 9.59 Å². The molecule has 0 unspecified atom stereocenters. The van der Waals surface area contributed by atoms with Crippen LogP contribution in [0.25, 0.3) is 0 Å². The second kappa shape index (κ2) is 5.69. The number of amides is 2. The van der Waals surface area contributed by atoms with Gasteiger partial charge in [0, 0.05) is 26.2 Å². The van der Waals surface area contributed by atoms with Crippen molar-refractivity contribution in [3.63, 3.8) is 0 Å². The third-order valence-corrected chi connectivity index (χ3v) is 1.85. The van der Waals surface area contributed by atoms with E-state index in [9.17, 15) is 9.59 Å². The van der Waals surface area contributed by atoms with Crippen LogP contribution in [0.15, 0.2) is 18.3 Å². The third kappa shape index (κ3) is 3.95. The molecule has 4 N–H and O–H groups in total. The molecule has 6 nitrogen and oxygen atoms in total. The van der Waals surface area contributed by atoms with Gasteiger partial charge in [-0.1, -0.05) is 0 Å². The first-order chi connectivity index (χ1) is 7.59. The van der Waals surface area contributed by atoms with Gasteiger partial charge in [-0.05, 0) is 12.1 Å². The van der Waals surface area contributed by atoms with Crippen LogP contribution in [0.4, 0.5) is 5.82 Å². The molecule has 6 heteroatoms. The Morgan fingerprint density at radius 1 is 1.38 bits per heavy atom. The Labute approximate surface area is 93.2 Å². The predicted octanol–water partition coefficient (Wildman–Crippen LogP) is -0.271. The summed E-state index contributed by atoms with van der Waals surface area (Å²) in [4.78, 5) is 25.3. The van der Waals surface area contributed by atoms with E-state index in [1.807, 2.05) is 0 Å². The summed E-state index contributed by atoms with van der Waals surface area (Å²) < 4.78 is 0. The van der Waals surface area contributed by atoms with Gasteiger partial charge < -0.3 is 16.4 Å². The number of hydrogen-bond donors (Lipinski definition) is 3. The highest BCUT2D eigenvalue weighted by molar-refractivity contribution is 5.92. The number of nitrogens with one attached hydrogen (secondary N) is 2. The summed E-state index contributed by atoms with van der Waals surface area (Å²) in [5.74, 6) is 0.0616. The van der Waals surface area contributed by atoms with E-state index in [1.165, 1.54) is 13.1 Å². The Kier molecular flexibility index (Phi) is 4.26. The Bertz CT molecular complexity index is 375. The molecule has 1 rings (SSSR count). The van der Waals surface area contributed by atoms with E-state index in [2.05, 4.69) is 15.6 Å². The van der Waals surface area contributed by atoms with Crippen LogP contribution in [0.5, 0.6) is 0 Å². The average molecular weight is 222 g/mol. The first-order valence-corrected chi connectivity index (χ1v) is 4.84. The summed E-state index contributed by atoms with van der Waals surface area (Å²) in [6.45, 7) is 2.55. The number of carbonyl (C=O) groups is 2. The monoisotopic (exact) mass is 222 g/mol. The molecule has 1 heterocycles. The maximum Gasteiger partial charge on any atom is 0.250 e. The molecule has 0 aliphatic heterocycles. The molecule has 0 atom stereocenters. The van der Waals surface area contributed by atoms with Crippen molar-refractivity contribution in [1.29, 1.82) is 0 Å². The maximum atomic E-state index is 10.8. The van der Waals surface area contributed by atoms with Crippen LogP contribution in [0.1, 0.15) is 17.3 Å². The zero-order valence-corrected chi connectivity index (χ0v) is 8.99. The van der Waals surface area contributed by atoms with Crippen LogP contribution in [-0.2, 0) is 4.79 Å². The standard InChI is InChI=1S/C10H14N4O2/c1-7(15)12-4-5-13-9-3-2-8(6-14-9)10(11)16/h2-3,6H,4-5H2,1H3,(H2,11,16)(H,12,15)(H,13,14). The minimum absolute atomic E-state index is 0.0705. The lowest BCUT2D eigenvalue weighted by atomic mass is 10.3. The number of aromatic nitrogens is 1. The number of nitrogens with zero attached hydrogens (tertiary/aromatic N) is 1. The number of anilines is 1. The quantitative estimate of drug-likeness (QED) is 0.597. The summed E-state index contributed by atoms with van der Waals surface area (Å²) in [5, 5.41) is 5.63. The highest BCUT2D eigenvalue weighted by Crippen LogP contribution is 2.03. The molecule has 0 fully saturated rings. The molecule has 0 radical (unpaired) electrons. The van der Waals surface area contributed by atoms with Crippen molar-refractivity contribution in [2.24, 2.45) is 5.73 Å². The second-order valence-corrected chi connectivity index (χ2v) is 3.21. The summed E-state index contributed by atoms with van der Waals surface area (Å²) in [5.41, 5.74) is 5.44. The number of pyridine rings is 1. The molecule has 0 saturated carbocycles. The van der Waals surface area contributed by atoms with Crippen LogP contribution < -0.4 is 16.4 Å². The van der Waals surface area contributed by atoms with Gasteiger partial charge in [0.1, 0.15) is 5.82 Å². The van der Waals surface area contributed by atoms with E-state index in [0.717, 1.165) is 0 Å². The predicted molar refractivity (Wildman–Crippen MR) is 59.9 cm³/mol. The number of primary amides is 1. The van der Waals surface area contributed by atoms with Gasteiger partial charge in [0.2, 0.25) is 11.8 Å². The fraction of sp³-hybridized carbons (Fsp3) is 0.300. The molecule has 0 saturated heterocycles. The Hall–Kier alpha value is -2.11. The molecule has 16 heavy (non-hydrogen) atoms. The van der Waals surface area contributed by atoms with Crippen molar-refractivity contribution in [3.05, 3.63) is 23.9 Å². The topological polar surface area (TPSA) is 97.1 Å². The van der Waals surface area contributed by atoms with Gasteiger partial charge in [-0.15, -0.1) is 0 Å². The highest BCUT2D eigenvalue weighted by Gasteiger charge is 2.00. The van der Waals surface area contributed by atoms with Gasteiger partial charge in [0.15, 0.2) is 0 Å². The maximum absolute atomic E-state index is 10.8. The van der Waals surface area contributed by atoms with Gasteiger partial charge >= 0.3 is 0 Å². The van der Waals surface area contributed by atoms with Crippen molar-refractivity contribution >= 4 is 17.6 Å². The largest absolute Gasteiger partial charge is 0.368 e. The number of carbonyl (C=O) groups excluding carboxylic acids is 2. The lowest BCUT2D eigenvalue weighted by Crippen LogP contribution is -2.26. The summed E-state index contributed by atoms with van der Waals surface area (Å²) in [7, 11) is 0. The molecule has 0 spiro atoms. The second-order valence-electron chi connectivity index (χ2n) is 3.21. The van der Waals surface area contributed by atoms with Crippen molar-refractivity contribution in [2.45, 2.75) is 6.92 Å². The Morgan fingerprint density at radius 3 is 2.62 bits per heavy atom. The van der Waals surface area contributed by atoms with E-state index >= 15 is 0 Å². The van der Waals surface area contributed by atoms with E-state index in [4.69, 9.17) is 5.73 Å². The van der Waals surface area contributed by atoms with E-state index in [-0.39, 0.29) is 5.91 Å². The number of hydrogen-bond acceptors (Lipinski definition) is 4. The molecule has 0 aliphatic carbocycles. The average Bonchev–Trinajstić information content (AvgIpc) is 2.25. The summed E-state index contributed by atoms with van der Waals surface area (Å²) >= 11 is 0. The lowest BCUT2D eigenvalue weighted by Gasteiger charge is -2.05. The van der Waals surface area contributed by atoms with Crippen molar-refractivity contribution in [2.75, 3.05) is 18.4 Å². The fourth-order valence-corrected chi connectivity index (χ4v) is 1.07. The number of nitrogens with two attached hydrogens (primary N) is 1. The van der Waals surface area contributed by atoms with Crippen LogP contribution in [0.2, 0.25) is 0 Å². The third-order valence-electron chi connectivity index (χ3n) is 1.85. The molecule has 1 aromatic rings. The molecule has 1 aromatic heterocycles. The van der Waals surface area contributed by atoms with Crippen LogP contribution in [0.3, 0.4) is 0 Å². The SMILES string of the molecule is CC(=O)NCCNc1ccc(C(N)=O)cn1. The summed E-state index contributed by atoms with van der Waals surface area (Å²) in [6, 6.07) is 3.25. The molecule has 0 aliphatic rings. The molecule has 0 aromatic carbocycles. The summed E-state index contributed by atoms with van der Waals surface area (Å²) in [6.07, 6.45) is 1.41. The van der Waals surface area contributed by atoms with Crippen molar-refractivity contribution in [3.8, 4) is 0 Å². The molecular weight excluding hydrogens is 208 g/mol. The Morgan fingerprint density at radius 2 is 2.12 bits per heavy atom. The van der Waals surface area contributed by atoms with Gasteiger partial charge in [0.05, 0.1) is 5.56 Å². The van der Waals surface area contributed by atoms with Crippen LogP contribution in [-0.4, -0.2) is 29.9 Å². The first kappa shape index (κ1) is 12.0. The zero-order valence-electron chi connectivity index (χ0n) is 8.99. The zero-order chi connectivity index (χ0) is 12.0. The van der Waals surface area contributed by atoms with Crippen LogP contribution in [0, 0.1) is 0 Å². The van der Waals surface area contributed by atoms with Gasteiger partial charge in [-0.25, -0.2) is 4.98 Å².